The van der Waals surface area contributed by atoms with Crippen LogP contribution in [0.25, 0.3) is 170 Å². The van der Waals surface area contributed by atoms with Crippen LogP contribution in [-0.2, 0) is 0 Å². The SMILES string of the molecule is N#Cc1c(-n2c3cccc4c5ccncc5c5cccc2c5c43)c(-c2ccccc2)c(-n2c3cccc4c5ccccc5c5ccnc2c5c43)c(-c2ccccc2)c1-n1c2cccc3c4ccccc4c4ccnc1c4c32. The van der Waals surface area contributed by atoms with Gasteiger partial charge < -0.3 is 4.57 Å². The predicted molar refractivity (Wildman–Crippen MR) is 317 cm³/mol. The average Bonchev–Trinajstić information content (AvgIpc) is 4.32. The summed E-state index contributed by atoms with van der Waals surface area (Å²) in [6.07, 6.45) is 7.79. The van der Waals surface area contributed by atoms with Crippen molar-refractivity contribution in [2.45, 2.75) is 0 Å². The van der Waals surface area contributed by atoms with Crippen LogP contribution < -0.4 is 0 Å². The Kier molecular flexibility index (Phi) is 7.81. The lowest BCUT2D eigenvalue weighted by molar-refractivity contribution is 1.07. The molecule has 0 bridgehead atoms. The lowest BCUT2D eigenvalue weighted by Crippen LogP contribution is -2.14. The molecule has 0 saturated carbocycles. The van der Waals surface area contributed by atoms with Crippen LogP contribution >= 0.6 is 0 Å². The quantitative estimate of drug-likeness (QED) is 0.161. The van der Waals surface area contributed by atoms with Gasteiger partial charge in [-0.05, 0) is 113 Å². The molecule has 0 saturated heterocycles. The zero-order valence-corrected chi connectivity index (χ0v) is 41.0. The lowest BCUT2D eigenvalue weighted by atomic mass is 9.88. The van der Waals surface area contributed by atoms with Gasteiger partial charge in [-0.25, -0.2) is 9.97 Å². The zero-order chi connectivity index (χ0) is 50.2. The Morgan fingerprint density at radius 3 is 1.12 bits per heavy atom. The molecule has 7 nitrogen and oxygen atoms in total. The van der Waals surface area contributed by atoms with Crippen LogP contribution in [0.5, 0.6) is 0 Å². The van der Waals surface area contributed by atoms with E-state index in [1.54, 1.807) is 0 Å². The van der Waals surface area contributed by atoms with Crippen LogP contribution in [0.15, 0.2) is 225 Å². The molecule has 6 heterocycles. The Labute approximate surface area is 438 Å². The molecular formula is C70H37N7. The van der Waals surface area contributed by atoms with E-state index in [2.05, 4.69) is 225 Å². The summed E-state index contributed by atoms with van der Waals surface area (Å²) < 4.78 is 7.15. The number of nitriles is 1. The maximum atomic E-state index is 12.8. The second-order valence-electron chi connectivity index (χ2n) is 20.4. The minimum Gasteiger partial charge on any atom is -0.307 e. The van der Waals surface area contributed by atoms with E-state index in [0.29, 0.717) is 5.56 Å². The summed E-state index contributed by atoms with van der Waals surface area (Å²) in [5.41, 5.74) is 12.2. The summed E-state index contributed by atoms with van der Waals surface area (Å²) in [4.78, 5) is 15.6. The van der Waals surface area contributed by atoms with Gasteiger partial charge in [0.25, 0.3) is 0 Å². The first-order valence-electron chi connectivity index (χ1n) is 26.1. The van der Waals surface area contributed by atoms with Crippen LogP contribution in [0.3, 0.4) is 0 Å². The van der Waals surface area contributed by atoms with Crippen LogP contribution in [0.4, 0.5) is 0 Å². The molecule has 0 aliphatic rings. The maximum Gasteiger partial charge on any atom is 0.146 e. The Morgan fingerprint density at radius 2 is 0.649 bits per heavy atom. The molecule has 6 aromatic heterocycles. The van der Waals surface area contributed by atoms with Crippen molar-refractivity contribution in [1.82, 2.24) is 28.7 Å². The van der Waals surface area contributed by atoms with E-state index in [-0.39, 0.29) is 0 Å². The van der Waals surface area contributed by atoms with E-state index in [1.165, 1.54) is 21.5 Å². The Bertz CT molecular complexity index is 5070. The first kappa shape index (κ1) is 40.8. The molecule has 77 heavy (non-hydrogen) atoms. The minimum atomic E-state index is 0.513. The van der Waals surface area contributed by atoms with Gasteiger partial charge in [0.05, 0.1) is 39.1 Å². The van der Waals surface area contributed by atoms with Gasteiger partial charge in [-0.15, -0.1) is 0 Å². The number of hydrogen-bond donors (Lipinski definition) is 0. The standard InChI is InChI=1S/C70H37N7/c71-37-52-66(75-54-27-11-25-48-45-31-34-72-38-53(45)49-26-14-28-55(75)61(49)60(48)54)58(39-15-3-1-4-16-39)68(77-57-30-13-24-47-42-20-8-10-22-44(42)51-33-36-74-70(77)65(51)63(47)57)59(40-17-5-2-6-18-40)67(52)76-56-29-12-23-46-41-19-7-9-21-43(41)50-32-35-73-69(76)64(50)62(46)56/h1-36,38H. The minimum absolute atomic E-state index is 0.513. The summed E-state index contributed by atoms with van der Waals surface area (Å²) in [6.45, 7) is 0. The van der Waals surface area contributed by atoms with Crippen molar-refractivity contribution in [3.8, 4) is 45.4 Å². The van der Waals surface area contributed by atoms with Gasteiger partial charge >= 0.3 is 0 Å². The molecule has 0 radical (unpaired) electrons. The molecule has 7 heteroatoms. The molecule has 12 aromatic carbocycles. The van der Waals surface area contributed by atoms with E-state index in [0.717, 1.165) is 148 Å². The van der Waals surface area contributed by atoms with Gasteiger partial charge in [-0.2, -0.15) is 5.26 Å². The second kappa shape index (κ2) is 14.8. The fourth-order valence-electron chi connectivity index (χ4n) is 14.1. The van der Waals surface area contributed by atoms with Crippen LogP contribution in [0.2, 0.25) is 0 Å². The molecule has 0 atom stereocenters. The first-order chi connectivity index (χ1) is 38.3. The van der Waals surface area contributed by atoms with Gasteiger partial charge in [0.1, 0.15) is 22.9 Å². The topological polar surface area (TPSA) is 77.2 Å². The number of fused-ring (bicyclic) bond motifs is 9. The van der Waals surface area contributed by atoms with Crippen molar-refractivity contribution in [2.75, 3.05) is 0 Å². The molecular weight excluding hydrogens is 939 g/mol. The summed E-state index contributed by atoms with van der Waals surface area (Å²) in [5.74, 6) is 0. The molecule has 0 unspecified atom stereocenters. The van der Waals surface area contributed by atoms with Gasteiger partial charge in [-0.1, -0.05) is 158 Å². The molecule has 0 aliphatic carbocycles. The van der Waals surface area contributed by atoms with Gasteiger partial charge in [-0.3, -0.25) is 14.1 Å². The zero-order valence-electron chi connectivity index (χ0n) is 41.0. The molecule has 352 valence electrons. The first-order valence-corrected chi connectivity index (χ1v) is 26.1. The highest BCUT2D eigenvalue weighted by atomic mass is 15.1. The number of aromatic nitrogens is 6. The molecule has 0 aliphatic heterocycles. The van der Waals surface area contributed by atoms with E-state index in [9.17, 15) is 5.26 Å². The number of benzene rings is 12. The maximum absolute atomic E-state index is 12.8. The summed E-state index contributed by atoms with van der Waals surface area (Å²) in [5, 5.41) is 33.2. The molecule has 0 spiro atoms. The largest absolute Gasteiger partial charge is 0.307 e. The fourth-order valence-corrected chi connectivity index (χ4v) is 14.1. The van der Waals surface area contributed by atoms with Crippen molar-refractivity contribution >= 4 is 130 Å². The van der Waals surface area contributed by atoms with E-state index in [1.807, 2.05) is 24.8 Å². The number of rotatable bonds is 5. The smallest absolute Gasteiger partial charge is 0.146 e. The van der Waals surface area contributed by atoms with Crippen molar-refractivity contribution in [2.24, 2.45) is 0 Å². The van der Waals surface area contributed by atoms with Gasteiger partial charge in [0.15, 0.2) is 0 Å². The van der Waals surface area contributed by atoms with E-state index in [4.69, 9.17) is 9.97 Å². The van der Waals surface area contributed by atoms with E-state index < -0.39 is 0 Å². The van der Waals surface area contributed by atoms with Crippen LogP contribution in [-0.4, -0.2) is 28.7 Å². The summed E-state index contributed by atoms with van der Waals surface area (Å²) in [7, 11) is 0. The van der Waals surface area contributed by atoms with Crippen LogP contribution in [0, 0.1) is 11.3 Å². The Balaban J connectivity index is 1.17. The highest BCUT2D eigenvalue weighted by molar-refractivity contribution is 6.37. The third kappa shape index (κ3) is 5.02. The second-order valence-corrected chi connectivity index (χ2v) is 20.4. The van der Waals surface area contributed by atoms with Crippen LogP contribution in [0.1, 0.15) is 5.56 Å². The highest BCUT2D eigenvalue weighted by Crippen LogP contribution is 2.55. The Morgan fingerprint density at radius 1 is 0.299 bits per heavy atom. The summed E-state index contributed by atoms with van der Waals surface area (Å²) >= 11 is 0. The number of pyridine rings is 3. The molecule has 18 aromatic rings. The molecule has 0 amide bonds. The third-order valence-corrected chi connectivity index (χ3v) is 16.9. The highest BCUT2D eigenvalue weighted by Gasteiger charge is 2.35. The summed E-state index contributed by atoms with van der Waals surface area (Å²) in [6, 6.07) is 74.9. The predicted octanol–water partition coefficient (Wildman–Crippen LogP) is 17.6. The average molecular weight is 976 g/mol. The fraction of sp³-hybridized carbons (Fsp3) is 0. The normalized spacial score (nSPS) is 12.4. The number of nitrogens with zero attached hydrogens (tertiary/aromatic N) is 7. The third-order valence-electron chi connectivity index (χ3n) is 16.9. The Hall–Kier alpha value is -10.7. The van der Waals surface area contributed by atoms with E-state index >= 15 is 0 Å². The van der Waals surface area contributed by atoms with Crippen molar-refractivity contribution in [3.05, 3.63) is 231 Å². The van der Waals surface area contributed by atoms with Crippen molar-refractivity contribution < 1.29 is 0 Å². The molecule has 0 N–H and O–H groups in total. The van der Waals surface area contributed by atoms with Crippen molar-refractivity contribution in [1.29, 1.82) is 5.26 Å². The van der Waals surface area contributed by atoms with Gasteiger partial charge in [0.2, 0.25) is 0 Å². The lowest BCUT2D eigenvalue weighted by Gasteiger charge is -2.28. The molecule has 0 fully saturated rings. The number of hydrogen-bond acceptors (Lipinski definition) is 4. The molecule has 18 rings (SSSR count). The van der Waals surface area contributed by atoms with Gasteiger partial charge in [0, 0.05) is 73.6 Å². The van der Waals surface area contributed by atoms with Crippen molar-refractivity contribution in [3.63, 3.8) is 0 Å². The monoisotopic (exact) mass is 975 g/mol.